The van der Waals surface area contributed by atoms with Crippen LogP contribution >= 0.6 is 11.6 Å². The lowest BCUT2D eigenvalue weighted by Crippen LogP contribution is -2.45. The number of benzene rings is 2. The predicted molar refractivity (Wildman–Crippen MR) is 85.6 cm³/mol. The highest BCUT2D eigenvalue weighted by Gasteiger charge is 2.46. The number of carbonyl (C=O) groups is 1. The predicted octanol–water partition coefficient (Wildman–Crippen LogP) is 3.62. The monoisotopic (exact) mass is 300 g/mol. The number of hydrogen-bond acceptors (Lipinski definition) is 2. The summed E-state index contributed by atoms with van der Waals surface area (Å²) in [5.41, 5.74) is 8.74. The Balaban J connectivity index is 2.27. The molecule has 0 bridgehead atoms. The molecule has 1 aliphatic heterocycles. The molecule has 108 valence electrons. The molecule has 3 nitrogen and oxygen atoms in total. The number of anilines is 1. The quantitative estimate of drug-likeness (QED) is 0.890. The number of halogens is 1. The van der Waals surface area contributed by atoms with Gasteiger partial charge in [0.1, 0.15) is 5.54 Å². The van der Waals surface area contributed by atoms with E-state index in [2.05, 4.69) is 19.2 Å². The van der Waals surface area contributed by atoms with Crippen molar-refractivity contribution in [3.63, 3.8) is 0 Å². The second-order valence-electron chi connectivity index (χ2n) is 5.69. The zero-order chi connectivity index (χ0) is 15.2. The van der Waals surface area contributed by atoms with Crippen molar-refractivity contribution in [2.75, 3.05) is 5.32 Å². The normalized spacial score (nSPS) is 20.5. The van der Waals surface area contributed by atoms with Crippen LogP contribution in [0.3, 0.4) is 0 Å². The highest BCUT2D eigenvalue weighted by Crippen LogP contribution is 2.42. The molecule has 3 rings (SSSR count). The van der Waals surface area contributed by atoms with Crippen molar-refractivity contribution in [3.8, 4) is 0 Å². The Bertz CT molecular complexity index is 726. The molecule has 3 N–H and O–H groups in total. The van der Waals surface area contributed by atoms with Crippen molar-refractivity contribution in [1.29, 1.82) is 0 Å². The van der Waals surface area contributed by atoms with Crippen LogP contribution < -0.4 is 11.1 Å². The first-order valence-corrected chi connectivity index (χ1v) is 7.32. The van der Waals surface area contributed by atoms with E-state index < -0.39 is 5.54 Å². The highest BCUT2D eigenvalue weighted by molar-refractivity contribution is 6.31. The number of amides is 1. The van der Waals surface area contributed by atoms with Crippen molar-refractivity contribution in [2.45, 2.75) is 25.3 Å². The number of rotatable bonds is 2. The van der Waals surface area contributed by atoms with Gasteiger partial charge in [0.05, 0.1) is 0 Å². The lowest BCUT2D eigenvalue weighted by atomic mass is 9.80. The van der Waals surface area contributed by atoms with Crippen molar-refractivity contribution < 1.29 is 4.79 Å². The van der Waals surface area contributed by atoms with Gasteiger partial charge in [0.25, 0.3) is 5.91 Å². The Hall–Kier alpha value is -1.84. The van der Waals surface area contributed by atoms with Crippen LogP contribution in [0.4, 0.5) is 5.69 Å². The van der Waals surface area contributed by atoms with Gasteiger partial charge in [-0.25, -0.2) is 0 Å². The Labute approximate surface area is 129 Å². The maximum atomic E-state index is 12.6. The van der Waals surface area contributed by atoms with Crippen molar-refractivity contribution >= 4 is 23.2 Å². The largest absolute Gasteiger partial charge is 0.324 e. The second-order valence-corrected chi connectivity index (χ2v) is 6.13. The fraction of sp³-hybridized carbons (Fsp3) is 0.235. The fourth-order valence-corrected chi connectivity index (χ4v) is 3.09. The van der Waals surface area contributed by atoms with E-state index in [1.165, 1.54) is 0 Å². The van der Waals surface area contributed by atoms with Crippen molar-refractivity contribution in [1.82, 2.24) is 0 Å². The van der Waals surface area contributed by atoms with Crippen LogP contribution in [0.2, 0.25) is 5.02 Å². The lowest BCUT2D eigenvalue weighted by molar-refractivity contribution is -0.119. The molecule has 2 aromatic carbocycles. The van der Waals surface area contributed by atoms with E-state index in [0.29, 0.717) is 5.02 Å². The number of carbonyl (C=O) groups excluding carboxylic acids is 1. The Morgan fingerprint density at radius 2 is 1.86 bits per heavy atom. The molecule has 4 heteroatoms. The minimum absolute atomic E-state index is 0.215. The van der Waals surface area contributed by atoms with Crippen molar-refractivity contribution in [2.24, 2.45) is 5.73 Å². The molecular weight excluding hydrogens is 284 g/mol. The van der Waals surface area contributed by atoms with Crippen LogP contribution in [0.1, 0.15) is 36.5 Å². The SMILES string of the molecule is CC(C)c1ccccc1C1(N)C(=O)Nc2ccc(Cl)cc21. The molecule has 0 aromatic heterocycles. The van der Waals surface area contributed by atoms with Gasteiger partial charge in [0.15, 0.2) is 0 Å². The van der Waals surface area contributed by atoms with E-state index in [0.717, 1.165) is 22.4 Å². The average molecular weight is 301 g/mol. The molecule has 1 unspecified atom stereocenters. The molecular formula is C17H17ClN2O. The molecule has 2 aromatic rings. The second kappa shape index (κ2) is 4.86. The van der Waals surface area contributed by atoms with Gasteiger partial charge in [-0.1, -0.05) is 49.7 Å². The molecule has 0 saturated carbocycles. The molecule has 0 spiro atoms. The summed E-state index contributed by atoms with van der Waals surface area (Å²) in [6.45, 7) is 4.18. The van der Waals surface area contributed by atoms with Crippen LogP contribution in [0.15, 0.2) is 42.5 Å². The molecule has 1 heterocycles. The molecule has 0 saturated heterocycles. The van der Waals surface area contributed by atoms with Crippen LogP contribution in [-0.4, -0.2) is 5.91 Å². The molecule has 0 aliphatic carbocycles. The maximum absolute atomic E-state index is 12.6. The summed E-state index contributed by atoms with van der Waals surface area (Å²) in [7, 11) is 0. The van der Waals surface area contributed by atoms with E-state index in [1.807, 2.05) is 24.3 Å². The third kappa shape index (κ3) is 2.04. The Kier molecular flexibility index (Phi) is 3.27. The van der Waals surface area contributed by atoms with E-state index in [-0.39, 0.29) is 11.8 Å². The summed E-state index contributed by atoms with van der Waals surface area (Å²) < 4.78 is 0. The smallest absolute Gasteiger partial charge is 0.253 e. The average Bonchev–Trinajstić information content (AvgIpc) is 2.72. The van der Waals surface area contributed by atoms with Gasteiger partial charge >= 0.3 is 0 Å². The summed E-state index contributed by atoms with van der Waals surface area (Å²) in [5, 5.41) is 3.43. The molecule has 21 heavy (non-hydrogen) atoms. The molecule has 1 aliphatic rings. The van der Waals surface area contributed by atoms with Gasteiger partial charge in [0, 0.05) is 16.3 Å². The summed E-state index contributed by atoms with van der Waals surface area (Å²) in [6, 6.07) is 13.1. The lowest BCUT2D eigenvalue weighted by Gasteiger charge is -2.27. The van der Waals surface area contributed by atoms with Crippen molar-refractivity contribution in [3.05, 3.63) is 64.2 Å². The Morgan fingerprint density at radius 3 is 2.57 bits per heavy atom. The highest BCUT2D eigenvalue weighted by atomic mass is 35.5. The van der Waals surface area contributed by atoms with Crippen LogP contribution in [0.5, 0.6) is 0 Å². The molecule has 0 radical (unpaired) electrons. The maximum Gasteiger partial charge on any atom is 0.253 e. The number of hydrogen-bond donors (Lipinski definition) is 2. The summed E-state index contributed by atoms with van der Waals surface area (Å²) >= 11 is 6.09. The molecule has 0 fully saturated rings. The van der Waals surface area contributed by atoms with Gasteiger partial charge in [-0.05, 0) is 35.2 Å². The third-order valence-corrected chi connectivity index (χ3v) is 4.26. The number of nitrogens with one attached hydrogen (secondary N) is 1. The molecule has 1 amide bonds. The Morgan fingerprint density at radius 1 is 1.14 bits per heavy atom. The number of nitrogens with two attached hydrogens (primary N) is 1. The summed E-state index contributed by atoms with van der Waals surface area (Å²) in [5.74, 6) is 0.0607. The van der Waals surface area contributed by atoms with Gasteiger partial charge in [-0.2, -0.15) is 0 Å². The summed E-state index contributed by atoms with van der Waals surface area (Å²) in [6.07, 6.45) is 0. The first kappa shape index (κ1) is 14.1. The van der Waals surface area contributed by atoms with Gasteiger partial charge in [-0.3, -0.25) is 4.79 Å². The third-order valence-electron chi connectivity index (χ3n) is 4.02. The van der Waals surface area contributed by atoms with Crippen LogP contribution in [0, 0.1) is 0 Å². The van der Waals surface area contributed by atoms with Gasteiger partial charge in [-0.15, -0.1) is 0 Å². The molecule has 1 atom stereocenters. The zero-order valence-corrected chi connectivity index (χ0v) is 12.7. The van der Waals surface area contributed by atoms with E-state index in [1.54, 1.807) is 18.2 Å². The fourth-order valence-electron chi connectivity index (χ4n) is 2.92. The van der Waals surface area contributed by atoms with Gasteiger partial charge in [0.2, 0.25) is 0 Å². The zero-order valence-electron chi connectivity index (χ0n) is 12.0. The van der Waals surface area contributed by atoms with E-state index >= 15 is 0 Å². The first-order valence-electron chi connectivity index (χ1n) is 6.94. The topological polar surface area (TPSA) is 55.1 Å². The summed E-state index contributed by atoms with van der Waals surface area (Å²) in [4.78, 5) is 12.6. The van der Waals surface area contributed by atoms with Crippen LogP contribution in [0.25, 0.3) is 0 Å². The van der Waals surface area contributed by atoms with E-state index in [4.69, 9.17) is 17.3 Å². The number of fused-ring (bicyclic) bond motifs is 1. The van der Waals surface area contributed by atoms with Gasteiger partial charge < -0.3 is 11.1 Å². The van der Waals surface area contributed by atoms with E-state index in [9.17, 15) is 4.79 Å². The minimum Gasteiger partial charge on any atom is -0.324 e. The minimum atomic E-state index is -1.19. The standard InChI is InChI=1S/C17H17ClN2O/c1-10(2)12-5-3-4-6-13(12)17(19)14-9-11(18)7-8-15(14)20-16(17)21/h3-10H,19H2,1-2H3,(H,20,21). The van der Waals surface area contributed by atoms with Crippen LogP contribution in [-0.2, 0) is 10.3 Å². The first-order chi connectivity index (χ1) is 9.94.